The van der Waals surface area contributed by atoms with Gasteiger partial charge in [0.05, 0.1) is 12.2 Å². The molecular weight excluding hydrogens is 220 g/mol. The number of carbonyl (C=O) groups excluding carboxylic acids is 1. The maximum absolute atomic E-state index is 11.7. The number of piperidine rings is 1. The lowest BCUT2D eigenvalue weighted by atomic mass is 10.0. The molecule has 1 aliphatic heterocycles. The van der Waals surface area contributed by atoms with E-state index in [-0.39, 0.29) is 12.5 Å². The Morgan fingerprint density at radius 3 is 3.00 bits per heavy atom. The fraction of sp³-hybridized carbons (Fsp3) is 0.417. The average Bonchev–Trinajstić information content (AvgIpc) is 2.33. The van der Waals surface area contributed by atoms with Crippen molar-refractivity contribution in [2.75, 3.05) is 0 Å². The van der Waals surface area contributed by atoms with Crippen molar-refractivity contribution in [1.29, 1.82) is 0 Å². The monoisotopic (exact) mass is 234 g/mol. The molecule has 0 spiro atoms. The van der Waals surface area contributed by atoms with Gasteiger partial charge in [-0.2, -0.15) is 0 Å². The van der Waals surface area contributed by atoms with Crippen LogP contribution in [0.15, 0.2) is 24.4 Å². The van der Waals surface area contributed by atoms with E-state index in [9.17, 15) is 9.59 Å². The molecule has 5 heteroatoms. The summed E-state index contributed by atoms with van der Waals surface area (Å²) in [5.41, 5.74) is 0.717. The predicted molar refractivity (Wildman–Crippen MR) is 60.1 cm³/mol. The molecule has 0 aromatic carbocycles. The highest BCUT2D eigenvalue weighted by molar-refractivity contribution is 5.84. The van der Waals surface area contributed by atoms with Crippen LogP contribution in [0.25, 0.3) is 0 Å². The quantitative estimate of drug-likeness (QED) is 0.848. The first-order chi connectivity index (χ1) is 8.18. The van der Waals surface area contributed by atoms with Crippen LogP contribution in [0.3, 0.4) is 0 Å². The van der Waals surface area contributed by atoms with E-state index < -0.39 is 12.0 Å². The number of carboxylic acid groups (broad SMARTS) is 1. The van der Waals surface area contributed by atoms with Gasteiger partial charge in [-0.3, -0.25) is 9.78 Å². The molecule has 90 valence electrons. The molecule has 1 amide bonds. The second-order valence-electron chi connectivity index (χ2n) is 4.09. The average molecular weight is 234 g/mol. The van der Waals surface area contributed by atoms with Crippen LogP contribution in [0.1, 0.15) is 25.0 Å². The second-order valence-corrected chi connectivity index (χ2v) is 4.09. The summed E-state index contributed by atoms with van der Waals surface area (Å²) >= 11 is 0. The van der Waals surface area contributed by atoms with Crippen molar-refractivity contribution in [1.82, 2.24) is 9.88 Å². The zero-order valence-electron chi connectivity index (χ0n) is 9.37. The molecule has 0 unspecified atom stereocenters. The first-order valence-corrected chi connectivity index (χ1v) is 5.60. The van der Waals surface area contributed by atoms with Gasteiger partial charge in [-0.1, -0.05) is 6.07 Å². The predicted octanol–water partition coefficient (Wildman–Crippen LogP) is 1.05. The van der Waals surface area contributed by atoms with Crippen LogP contribution >= 0.6 is 0 Å². The molecule has 1 fully saturated rings. The Morgan fingerprint density at radius 2 is 2.35 bits per heavy atom. The zero-order chi connectivity index (χ0) is 12.3. The minimum absolute atomic E-state index is 0.102. The minimum atomic E-state index is -0.936. The van der Waals surface area contributed by atoms with Gasteiger partial charge in [0.25, 0.3) is 0 Å². The molecule has 1 aromatic heterocycles. The van der Waals surface area contributed by atoms with Crippen molar-refractivity contribution in [3.8, 4) is 0 Å². The molecule has 1 saturated heterocycles. The molecule has 0 radical (unpaired) electrons. The van der Waals surface area contributed by atoms with Crippen molar-refractivity contribution in [3.63, 3.8) is 0 Å². The number of hydrogen-bond acceptors (Lipinski definition) is 3. The summed E-state index contributed by atoms with van der Waals surface area (Å²) in [6.07, 6.45) is 3.23. The largest absolute Gasteiger partial charge is 0.480 e. The minimum Gasteiger partial charge on any atom is -0.480 e. The molecule has 0 saturated carbocycles. The third-order valence-electron chi connectivity index (χ3n) is 2.91. The van der Waals surface area contributed by atoms with E-state index in [4.69, 9.17) is 5.11 Å². The number of rotatable bonds is 3. The standard InChI is InChI=1S/C12H14N2O3/c15-11-6-3-5-10(12(16)17)14(11)8-9-4-1-2-7-13-9/h1-2,4,7,10H,3,5-6,8H2,(H,16,17)/t10-/m1/s1. The maximum atomic E-state index is 11.7. The van der Waals surface area contributed by atoms with Crippen molar-refractivity contribution < 1.29 is 14.7 Å². The van der Waals surface area contributed by atoms with Gasteiger partial charge in [0.1, 0.15) is 6.04 Å². The highest BCUT2D eigenvalue weighted by atomic mass is 16.4. The molecule has 17 heavy (non-hydrogen) atoms. The number of aliphatic carboxylic acids is 1. The summed E-state index contributed by atoms with van der Waals surface area (Å²) in [6.45, 7) is 0.274. The number of amides is 1. The Kier molecular flexibility index (Phi) is 3.37. The topological polar surface area (TPSA) is 70.5 Å². The summed E-state index contributed by atoms with van der Waals surface area (Å²) < 4.78 is 0. The van der Waals surface area contributed by atoms with Crippen molar-refractivity contribution in [2.45, 2.75) is 31.8 Å². The summed E-state index contributed by atoms with van der Waals surface area (Å²) in [5, 5.41) is 9.09. The third-order valence-corrected chi connectivity index (χ3v) is 2.91. The highest BCUT2D eigenvalue weighted by Gasteiger charge is 2.33. The van der Waals surface area contributed by atoms with E-state index in [1.165, 1.54) is 4.90 Å². The van der Waals surface area contributed by atoms with Gasteiger partial charge in [-0.15, -0.1) is 0 Å². The molecule has 1 aromatic rings. The van der Waals surface area contributed by atoms with Crippen molar-refractivity contribution in [2.24, 2.45) is 0 Å². The Balaban J connectivity index is 2.15. The fourth-order valence-corrected chi connectivity index (χ4v) is 2.04. The smallest absolute Gasteiger partial charge is 0.326 e. The van der Waals surface area contributed by atoms with Crippen LogP contribution in [0.5, 0.6) is 0 Å². The Labute approximate surface area is 99.1 Å². The van der Waals surface area contributed by atoms with E-state index >= 15 is 0 Å². The van der Waals surface area contributed by atoms with Gasteiger partial charge >= 0.3 is 5.97 Å². The molecule has 2 rings (SSSR count). The third kappa shape index (κ3) is 2.61. The summed E-state index contributed by atoms with van der Waals surface area (Å²) in [4.78, 5) is 28.4. The van der Waals surface area contributed by atoms with Crippen LogP contribution in [0.4, 0.5) is 0 Å². The second kappa shape index (κ2) is 4.95. The number of hydrogen-bond donors (Lipinski definition) is 1. The van der Waals surface area contributed by atoms with E-state index in [0.717, 1.165) is 0 Å². The summed E-state index contributed by atoms with van der Waals surface area (Å²) in [5.74, 6) is -1.04. The molecule has 2 heterocycles. The summed E-state index contributed by atoms with van der Waals surface area (Å²) in [7, 11) is 0. The highest BCUT2D eigenvalue weighted by Crippen LogP contribution is 2.20. The molecule has 1 aliphatic rings. The van der Waals surface area contributed by atoms with Gasteiger partial charge in [0, 0.05) is 12.6 Å². The fourth-order valence-electron chi connectivity index (χ4n) is 2.04. The lowest BCUT2D eigenvalue weighted by Gasteiger charge is -2.32. The molecule has 0 aliphatic carbocycles. The van der Waals surface area contributed by atoms with Crippen LogP contribution in [0, 0.1) is 0 Å². The maximum Gasteiger partial charge on any atom is 0.326 e. The molecule has 5 nitrogen and oxygen atoms in total. The molecule has 0 bridgehead atoms. The Hall–Kier alpha value is -1.91. The Bertz CT molecular complexity index is 419. The van der Waals surface area contributed by atoms with Gasteiger partial charge in [-0.05, 0) is 25.0 Å². The van der Waals surface area contributed by atoms with Gasteiger partial charge in [0.15, 0.2) is 0 Å². The molecule has 1 atom stereocenters. The number of carbonyl (C=O) groups is 2. The van der Waals surface area contributed by atoms with Crippen LogP contribution < -0.4 is 0 Å². The van der Waals surface area contributed by atoms with Gasteiger partial charge in [0.2, 0.25) is 5.91 Å². The van der Waals surface area contributed by atoms with Gasteiger partial charge < -0.3 is 10.0 Å². The summed E-state index contributed by atoms with van der Waals surface area (Å²) in [6, 6.07) is 4.70. The number of nitrogens with zero attached hydrogens (tertiary/aromatic N) is 2. The van der Waals surface area contributed by atoms with Crippen LogP contribution in [-0.4, -0.2) is 32.9 Å². The number of pyridine rings is 1. The normalized spacial score (nSPS) is 20.4. The lowest BCUT2D eigenvalue weighted by molar-refractivity contribution is -0.153. The number of carboxylic acids is 1. The zero-order valence-corrected chi connectivity index (χ0v) is 9.37. The van der Waals surface area contributed by atoms with E-state index in [1.807, 2.05) is 6.07 Å². The first-order valence-electron chi connectivity index (χ1n) is 5.60. The number of aromatic nitrogens is 1. The number of likely N-dealkylation sites (tertiary alicyclic amines) is 1. The van der Waals surface area contributed by atoms with Crippen molar-refractivity contribution >= 4 is 11.9 Å². The lowest BCUT2D eigenvalue weighted by Crippen LogP contribution is -2.47. The van der Waals surface area contributed by atoms with E-state index in [0.29, 0.717) is 25.0 Å². The van der Waals surface area contributed by atoms with E-state index in [1.54, 1.807) is 18.3 Å². The van der Waals surface area contributed by atoms with Gasteiger partial charge in [-0.25, -0.2) is 4.79 Å². The molecular formula is C12H14N2O3. The first kappa shape index (κ1) is 11.6. The SMILES string of the molecule is O=C(O)[C@H]1CCCC(=O)N1Cc1ccccn1. The van der Waals surface area contributed by atoms with E-state index in [2.05, 4.69) is 4.98 Å². The molecule has 1 N–H and O–H groups in total. The van der Waals surface area contributed by atoms with Crippen molar-refractivity contribution in [3.05, 3.63) is 30.1 Å². The van der Waals surface area contributed by atoms with Crippen LogP contribution in [-0.2, 0) is 16.1 Å². The van der Waals surface area contributed by atoms with Crippen LogP contribution in [0.2, 0.25) is 0 Å². The Morgan fingerprint density at radius 1 is 1.53 bits per heavy atom.